The number of carboxylic acids is 1. The van der Waals surface area contributed by atoms with Crippen molar-refractivity contribution < 1.29 is 24.2 Å². The van der Waals surface area contributed by atoms with Gasteiger partial charge in [0.25, 0.3) is 5.91 Å². The van der Waals surface area contributed by atoms with Crippen LogP contribution >= 0.6 is 0 Å². The van der Waals surface area contributed by atoms with Crippen molar-refractivity contribution in [3.8, 4) is 0 Å². The molecule has 7 nitrogen and oxygen atoms in total. The molecular formula is C14H16N2O5. The fraction of sp³-hybridized carbons (Fsp3) is 0.357. The Morgan fingerprint density at radius 1 is 1.43 bits per heavy atom. The molecule has 21 heavy (non-hydrogen) atoms. The summed E-state index contributed by atoms with van der Waals surface area (Å²) in [7, 11) is 1.16. The number of methoxy groups -OCH3 is 1. The highest BCUT2D eigenvalue weighted by molar-refractivity contribution is 5.98. The average Bonchev–Trinajstić information content (AvgIpc) is 2.93. The second kappa shape index (κ2) is 6.25. The van der Waals surface area contributed by atoms with E-state index >= 15 is 0 Å². The number of carboxylic acid groups (broad SMARTS) is 1. The molecule has 0 aliphatic carbocycles. The largest absolute Gasteiger partial charge is 0.480 e. The summed E-state index contributed by atoms with van der Waals surface area (Å²) in [6.07, 6.45) is 0.484. The predicted octanol–water partition coefficient (Wildman–Crippen LogP) is 0.401. The van der Waals surface area contributed by atoms with Gasteiger partial charge >= 0.3 is 11.9 Å². The number of benzene rings is 1. The summed E-state index contributed by atoms with van der Waals surface area (Å²) < 4.78 is 4.42. The minimum atomic E-state index is -1.31. The highest BCUT2D eigenvalue weighted by Crippen LogP contribution is 2.23. The minimum Gasteiger partial charge on any atom is -0.480 e. The van der Waals surface area contributed by atoms with Crippen LogP contribution in [-0.4, -0.2) is 42.6 Å². The lowest BCUT2D eigenvalue weighted by molar-refractivity contribution is -0.147. The summed E-state index contributed by atoms with van der Waals surface area (Å²) in [6, 6.07) is 3.83. The number of hydrogen-bond donors (Lipinski definition) is 3. The van der Waals surface area contributed by atoms with E-state index in [1.54, 1.807) is 12.1 Å². The van der Waals surface area contributed by atoms with E-state index in [-0.39, 0.29) is 0 Å². The fourth-order valence-corrected chi connectivity index (χ4v) is 2.12. The first-order chi connectivity index (χ1) is 10.0. The topological polar surface area (TPSA) is 105 Å². The number of ether oxygens (including phenoxy) is 1. The van der Waals surface area contributed by atoms with E-state index in [0.29, 0.717) is 5.56 Å². The zero-order valence-corrected chi connectivity index (χ0v) is 11.5. The van der Waals surface area contributed by atoms with E-state index in [2.05, 4.69) is 15.4 Å². The number of carbonyl (C=O) groups is 3. The molecule has 0 saturated heterocycles. The van der Waals surface area contributed by atoms with Crippen molar-refractivity contribution in [2.24, 2.45) is 0 Å². The van der Waals surface area contributed by atoms with E-state index in [9.17, 15) is 14.4 Å². The number of nitrogens with one attached hydrogen (secondary N) is 2. The Labute approximate surface area is 121 Å². The molecule has 1 aromatic carbocycles. The number of rotatable bonds is 5. The lowest BCUT2D eigenvalue weighted by Crippen LogP contribution is -2.42. The molecule has 7 heteroatoms. The molecule has 0 unspecified atom stereocenters. The van der Waals surface area contributed by atoms with Gasteiger partial charge in [0.1, 0.15) is 6.04 Å². The summed E-state index contributed by atoms with van der Waals surface area (Å²) in [5.74, 6) is -2.52. The molecule has 1 aromatic rings. The van der Waals surface area contributed by atoms with Gasteiger partial charge in [-0.1, -0.05) is 6.07 Å². The van der Waals surface area contributed by atoms with Gasteiger partial charge in [0.15, 0.2) is 0 Å². The van der Waals surface area contributed by atoms with Gasteiger partial charge < -0.3 is 20.5 Å². The molecule has 1 amide bonds. The molecule has 3 N–H and O–H groups in total. The number of fused-ring (bicyclic) bond motifs is 1. The van der Waals surface area contributed by atoms with Crippen molar-refractivity contribution >= 4 is 23.5 Å². The lowest BCUT2D eigenvalue weighted by Gasteiger charge is -2.13. The monoisotopic (exact) mass is 292 g/mol. The summed E-state index contributed by atoms with van der Waals surface area (Å²) >= 11 is 0. The highest BCUT2D eigenvalue weighted by Gasteiger charge is 2.24. The first-order valence-electron chi connectivity index (χ1n) is 6.48. The summed E-state index contributed by atoms with van der Waals surface area (Å²) in [4.78, 5) is 34.3. The maximum atomic E-state index is 12.1. The van der Waals surface area contributed by atoms with Crippen LogP contribution in [-0.2, 0) is 20.7 Å². The molecule has 1 aliphatic rings. The molecule has 0 aromatic heterocycles. The van der Waals surface area contributed by atoms with Crippen LogP contribution in [0.2, 0.25) is 0 Å². The Morgan fingerprint density at radius 2 is 2.19 bits per heavy atom. The van der Waals surface area contributed by atoms with Crippen LogP contribution in [0.4, 0.5) is 5.69 Å². The van der Waals surface area contributed by atoms with Crippen LogP contribution < -0.4 is 10.6 Å². The van der Waals surface area contributed by atoms with Crippen LogP contribution in [0, 0.1) is 0 Å². The van der Waals surface area contributed by atoms with Gasteiger partial charge in [0.2, 0.25) is 0 Å². The van der Waals surface area contributed by atoms with Crippen LogP contribution in [0.5, 0.6) is 0 Å². The molecule has 0 spiro atoms. The standard InChI is InChI=1S/C14H16N2O5/c1-21-12(17)7-11(14(19)20)16-13(18)9-3-2-8-4-5-15-10(8)6-9/h2-3,6,11,15H,4-5,7H2,1H3,(H,16,18)(H,19,20)/t11-/m0/s1. The lowest BCUT2D eigenvalue weighted by atomic mass is 10.1. The molecule has 0 saturated carbocycles. The number of aliphatic carboxylic acids is 1. The Morgan fingerprint density at radius 3 is 2.86 bits per heavy atom. The molecule has 112 valence electrons. The van der Waals surface area contributed by atoms with Crippen LogP contribution in [0.1, 0.15) is 22.3 Å². The maximum Gasteiger partial charge on any atom is 0.326 e. The van der Waals surface area contributed by atoms with Gasteiger partial charge in [0, 0.05) is 17.8 Å². The van der Waals surface area contributed by atoms with E-state index in [0.717, 1.165) is 31.3 Å². The molecule has 0 fully saturated rings. The third kappa shape index (κ3) is 3.50. The zero-order valence-electron chi connectivity index (χ0n) is 11.5. The van der Waals surface area contributed by atoms with Gasteiger partial charge in [0.05, 0.1) is 13.5 Å². The van der Waals surface area contributed by atoms with Crippen LogP contribution in [0.15, 0.2) is 18.2 Å². The molecular weight excluding hydrogens is 276 g/mol. The molecule has 1 aliphatic heterocycles. The second-order valence-electron chi connectivity index (χ2n) is 4.69. The number of anilines is 1. The highest BCUT2D eigenvalue weighted by atomic mass is 16.5. The van der Waals surface area contributed by atoms with Crippen LogP contribution in [0.25, 0.3) is 0 Å². The first kappa shape index (κ1) is 14.8. The van der Waals surface area contributed by atoms with Crippen molar-refractivity contribution in [2.45, 2.75) is 18.9 Å². The van der Waals surface area contributed by atoms with Crippen molar-refractivity contribution in [2.75, 3.05) is 19.0 Å². The van der Waals surface area contributed by atoms with E-state index < -0.39 is 30.3 Å². The Balaban J connectivity index is 2.08. The summed E-state index contributed by atoms with van der Waals surface area (Å²) in [5.41, 5.74) is 2.35. The molecule has 0 bridgehead atoms. The maximum absolute atomic E-state index is 12.1. The molecule has 2 rings (SSSR count). The van der Waals surface area contributed by atoms with Gasteiger partial charge in [-0.15, -0.1) is 0 Å². The third-order valence-corrected chi connectivity index (χ3v) is 3.28. The molecule has 0 radical (unpaired) electrons. The van der Waals surface area contributed by atoms with E-state index in [4.69, 9.17) is 5.11 Å². The number of carbonyl (C=O) groups excluding carboxylic acids is 2. The quantitative estimate of drug-likeness (QED) is 0.679. The Bertz CT molecular complexity index is 585. The SMILES string of the molecule is COC(=O)C[C@H](NC(=O)c1ccc2c(c1)NCC2)C(=O)O. The number of amides is 1. The van der Waals surface area contributed by atoms with E-state index in [1.165, 1.54) is 0 Å². The van der Waals surface area contributed by atoms with Gasteiger partial charge in [-0.25, -0.2) is 4.79 Å². The van der Waals surface area contributed by atoms with Gasteiger partial charge in [-0.05, 0) is 24.1 Å². The number of hydrogen-bond acceptors (Lipinski definition) is 5. The molecule has 1 heterocycles. The minimum absolute atomic E-state index is 0.347. The molecule has 1 atom stereocenters. The predicted molar refractivity (Wildman–Crippen MR) is 74.2 cm³/mol. The fourth-order valence-electron chi connectivity index (χ4n) is 2.12. The normalized spacial score (nSPS) is 13.8. The van der Waals surface area contributed by atoms with Crippen LogP contribution in [0.3, 0.4) is 0 Å². The Kier molecular flexibility index (Phi) is 4.42. The average molecular weight is 292 g/mol. The third-order valence-electron chi connectivity index (χ3n) is 3.28. The van der Waals surface area contributed by atoms with E-state index in [1.807, 2.05) is 6.07 Å². The smallest absolute Gasteiger partial charge is 0.326 e. The van der Waals surface area contributed by atoms with Gasteiger partial charge in [-0.3, -0.25) is 9.59 Å². The van der Waals surface area contributed by atoms with Gasteiger partial charge in [-0.2, -0.15) is 0 Å². The summed E-state index contributed by atoms with van der Waals surface area (Å²) in [6.45, 7) is 0.820. The van der Waals surface area contributed by atoms with Crippen molar-refractivity contribution in [1.82, 2.24) is 5.32 Å². The first-order valence-corrected chi connectivity index (χ1v) is 6.48. The number of esters is 1. The van der Waals surface area contributed by atoms with Crippen molar-refractivity contribution in [3.05, 3.63) is 29.3 Å². The summed E-state index contributed by atoms with van der Waals surface area (Å²) in [5, 5.41) is 14.5. The second-order valence-corrected chi connectivity index (χ2v) is 4.69. The van der Waals surface area contributed by atoms with Crippen molar-refractivity contribution in [3.63, 3.8) is 0 Å². The van der Waals surface area contributed by atoms with Crippen molar-refractivity contribution in [1.29, 1.82) is 0 Å². The zero-order chi connectivity index (χ0) is 15.4. The Hall–Kier alpha value is -2.57.